The number of rotatable bonds is 4. The van der Waals surface area contributed by atoms with Crippen LogP contribution in [-0.4, -0.2) is 36.6 Å². The molecule has 1 aromatic rings. The van der Waals surface area contributed by atoms with Crippen molar-refractivity contribution in [3.05, 3.63) is 35.9 Å². The predicted molar refractivity (Wildman–Crippen MR) is 74.6 cm³/mol. The first kappa shape index (κ1) is 14.0. The first-order valence-electron chi connectivity index (χ1n) is 6.93. The van der Waals surface area contributed by atoms with Crippen LogP contribution in [0, 0.1) is 0 Å². The highest BCUT2D eigenvalue weighted by Crippen LogP contribution is 2.18. The Kier molecular flexibility index (Phi) is 4.93. The van der Waals surface area contributed by atoms with Crippen molar-refractivity contribution < 1.29 is 9.53 Å². The predicted octanol–water partition coefficient (Wildman–Crippen LogP) is 1.71. The first-order chi connectivity index (χ1) is 9.22. The molecule has 1 heterocycles. The summed E-state index contributed by atoms with van der Waals surface area (Å²) >= 11 is 0. The minimum absolute atomic E-state index is 0.00407. The number of nitrogens with zero attached hydrogens (tertiary/aromatic N) is 1. The molecule has 1 aliphatic rings. The summed E-state index contributed by atoms with van der Waals surface area (Å²) in [6, 6.07) is 8.95. The Morgan fingerprint density at radius 2 is 2.21 bits per heavy atom. The molecule has 4 heteroatoms. The van der Waals surface area contributed by atoms with Crippen molar-refractivity contribution in [2.24, 2.45) is 5.73 Å². The molecule has 19 heavy (non-hydrogen) atoms. The summed E-state index contributed by atoms with van der Waals surface area (Å²) in [5.41, 5.74) is 6.92. The monoisotopic (exact) mass is 262 g/mol. The maximum Gasteiger partial charge on any atom is 0.244 e. The van der Waals surface area contributed by atoms with Gasteiger partial charge in [-0.05, 0) is 25.3 Å². The van der Waals surface area contributed by atoms with Crippen LogP contribution in [0.25, 0.3) is 0 Å². The lowest BCUT2D eigenvalue weighted by atomic mass is 10.0. The second kappa shape index (κ2) is 6.68. The van der Waals surface area contributed by atoms with Gasteiger partial charge in [-0.2, -0.15) is 0 Å². The maximum atomic E-state index is 12.4. The topological polar surface area (TPSA) is 55.6 Å². The fourth-order valence-electron chi connectivity index (χ4n) is 2.51. The average molecular weight is 262 g/mol. The molecule has 1 aromatic carbocycles. The number of hydrogen-bond donors (Lipinski definition) is 1. The van der Waals surface area contributed by atoms with Gasteiger partial charge in [-0.1, -0.05) is 30.3 Å². The van der Waals surface area contributed by atoms with E-state index in [1.54, 1.807) is 0 Å². The molecule has 104 valence electrons. The molecule has 0 saturated carbocycles. The van der Waals surface area contributed by atoms with Crippen LogP contribution in [0.15, 0.2) is 30.3 Å². The van der Waals surface area contributed by atoms with E-state index in [-0.39, 0.29) is 12.0 Å². The quantitative estimate of drug-likeness (QED) is 0.898. The number of likely N-dealkylation sites (tertiary alicyclic amines) is 1. The third-order valence-corrected chi connectivity index (χ3v) is 3.52. The van der Waals surface area contributed by atoms with Crippen LogP contribution in [0.3, 0.4) is 0 Å². The normalized spacial score (nSPS) is 21.2. The Hall–Kier alpha value is -1.39. The summed E-state index contributed by atoms with van der Waals surface area (Å²) in [7, 11) is 0. The van der Waals surface area contributed by atoms with Gasteiger partial charge in [-0.3, -0.25) is 4.79 Å². The van der Waals surface area contributed by atoms with E-state index in [0.29, 0.717) is 13.2 Å². The molecule has 1 fully saturated rings. The van der Waals surface area contributed by atoms with Gasteiger partial charge in [0.2, 0.25) is 5.91 Å². The first-order valence-corrected chi connectivity index (χ1v) is 6.93. The molecule has 2 rings (SSSR count). The van der Waals surface area contributed by atoms with Crippen LogP contribution in [-0.2, 0) is 9.53 Å². The molecule has 4 nitrogen and oxygen atoms in total. The number of carbonyl (C=O) groups excluding carboxylic acids is 1. The molecule has 0 spiro atoms. The van der Waals surface area contributed by atoms with E-state index in [4.69, 9.17) is 10.5 Å². The van der Waals surface area contributed by atoms with E-state index in [1.807, 2.05) is 42.2 Å². The molecular weight excluding hydrogens is 240 g/mol. The van der Waals surface area contributed by atoms with Crippen LogP contribution < -0.4 is 5.73 Å². The van der Waals surface area contributed by atoms with Gasteiger partial charge in [0.1, 0.15) is 6.04 Å². The van der Waals surface area contributed by atoms with Crippen molar-refractivity contribution in [3.63, 3.8) is 0 Å². The molecule has 0 aromatic heterocycles. The molecule has 0 radical (unpaired) electrons. The van der Waals surface area contributed by atoms with Crippen LogP contribution in [0.4, 0.5) is 0 Å². The Morgan fingerprint density at radius 3 is 2.89 bits per heavy atom. The van der Waals surface area contributed by atoms with Crippen LogP contribution in [0.5, 0.6) is 0 Å². The van der Waals surface area contributed by atoms with E-state index in [1.165, 1.54) is 0 Å². The summed E-state index contributed by atoms with van der Waals surface area (Å²) in [5, 5.41) is 0. The third kappa shape index (κ3) is 3.55. The van der Waals surface area contributed by atoms with Gasteiger partial charge in [0.25, 0.3) is 0 Å². The van der Waals surface area contributed by atoms with Gasteiger partial charge in [-0.25, -0.2) is 0 Å². The fraction of sp³-hybridized carbons (Fsp3) is 0.533. The molecule has 1 saturated heterocycles. The minimum atomic E-state index is -0.568. The zero-order chi connectivity index (χ0) is 13.7. The Morgan fingerprint density at radius 1 is 1.47 bits per heavy atom. The maximum absolute atomic E-state index is 12.4. The summed E-state index contributed by atoms with van der Waals surface area (Å²) in [6.07, 6.45) is 2.17. The zero-order valence-electron chi connectivity index (χ0n) is 11.4. The summed E-state index contributed by atoms with van der Waals surface area (Å²) in [4.78, 5) is 14.2. The van der Waals surface area contributed by atoms with Crippen molar-refractivity contribution in [1.82, 2.24) is 4.90 Å². The molecule has 0 unspecified atom stereocenters. The van der Waals surface area contributed by atoms with E-state index >= 15 is 0 Å². The lowest BCUT2D eigenvalue weighted by molar-refractivity contribution is -0.136. The van der Waals surface area contributed by atoms with Crippen molar-refractivity contribution in [3.8, 4) is 0 Å². The number of ether oxygens (including phenoxy) is 1. The highest BCUT2D eigenvalue weighted by molar-refractivity contribution is 5.83. The van der Waals surface area contributed by atoms with Gasteiger partial charge in [0.05, 0.1) is 6.10 Å². The zero-order valence-corrected chi connectivity index (χ0v) is 11.4. The molecule has 0 aliphatic carbocycles. The number of benzene rings is 1. The van der Waals surface area contributed by atoms with E-state index < -0.39 is 6.04 Å². The minimum Gasteiger partial charge on any atom is -0.377 e. The Bertz CT molecular complexity index is 406. The Labute approximate surface area is 114 Å². The standard InChI is InChI=1S/C15H22N2O2/c1-2-19-13-9-6-10-17(11-13)15(18)14(16)12-7-4-3-5-8-12/h3-5,7-8,13-14H,2,6,9-11,16H2,1H3/t13-,14+/m0/s1. The van der Waals surface area contributed by atoms with Gasteiger partial charge in [-0.15, -0.1) is 0 Å². The average Bonchev–Trinajstić information content (AvgIpc) is 2.47. The highest BCUT2D eigenvalue weighted by atomic mass is 16.5. The summed E-state index contributed by atoms with van der Waals surface area (Å²) in [5.74, 6) is -0.00407. The summed E-state index contributed by atoms with van der Waals surface area (Å²) < 4.78 is 5.61. The molecule has 1 amide bonds. The van der Waals surface area contributed by atoms with Crippen molar-refractivity contribution in [1.29, 1.82) is 0 Å². The van der Waals surface area contributed by atoms with Crippen molar-refractivity contribution in [2.75, 3.05) is 19.7 Å². The SMILES string of the molecule is CCO[C@H]1CCCN(C(=O)[C@H](N)c2ccccc2)C1. The molecule has 1 aliphatic heterocycles. The van der Waals surface area contributed by atoms with Crippen LogP contribution in [0.2, 0.25) is 0 Å². The molecule has 2 N–H and O–H groups in total. The largest absolute Gasteiger partial charge is 0.377 e. The summed E-state index contributed by atoms with van der Waals surface area (Å²) in [6.45, 7) is 4.12. The van der Waals surface area contributed by atoms with E-state index in [2.05, 4.69) is 0 Å². The molecule has 0 bridgehead atoms. The fourth-order valence-corrected chi connectivity index (χ4v) is 2.51. The second-order valence-electron chi connectivity index (χ2n) is 4.89. The highest BCUT2D eigenvalue weighted by Gasteiger charge is 2.27. The lowest BCUT2D eigenvalue weighted by Crippen LogP contribution is -2.46. The van der Waals surface area contributed by atoms with Crippen molar-refractivity contribution >= 4 is 5.91 Å². The number of nitrogens with two attached hydrogens (primary N) is 1. The number of piperidine rings is 1. The number of amides is 1. The van der Waals surface area contributed by atoms with Gasteiger partial charge >= 0.3 is 0 Å². The second-order valence-corrected chi connectivity index (χ2v) is 4.89. The molecular formula is C15H22N2O2. The van der Waals surface area contributed by atoms with E-state index in [0.717, 1.165) is 24.9 Å². The van der Waals surface area contributed by atoms with Crippen LogP contribution in [0.1, 0.15) is 31.4 Å². The lowest BCUT2D eigenvalue weighted by Gasteiger charge is -2.34. The third-order valence-electron chi connectivity index (χ3n) is 3.52. The van der Waals surface area contributed by atoms with Gasteiger partial charge in [0.15, 0.2) is 0 Å². The van der Waals surface area contributed by atoms with Crippen LogP contribution >= 0.6 is 0 Å². The van der Waals surface area contributed by atoms with E-state index in [9.17, 15) is 4.79 Å². The van der Waals surface area contributed by atoms with Gasteiger partial charge < -0.3 is 15.4 Å². The molecule has 2 atom stereocenters. The smallest absolute Gasteiger partial charge is 0.244 e. The van der Waals surface area contributed by atoms with Gasteiger partial charge in [0, 0.05) is 19.7 Å². The Balaban J connectivity index is 1.99. The number of hydrogen-bond acceptors (Lipinski definition) is 3. The van der Waals surface area contributed by atoms with Crippen molar-refractivity contribution in [2.45, 2.75) is 31.9 Å². The number of carbonyl (C=O) groups is 1.